The third kappa shape index (κ3) is 2.21. The maximum Gasteiger partial charge on any atom is 0.195 e. The zero-order valence-electron chi connectivity index (χ0n) is 8.46. The molecule has 0 saturated carbocycles. The lowest BCUT2D eigenvalue weighted by molar-refractivity contribution is 0.103. The van der Waals surface area contributed by atoms with Crippen molar-refractivity contribution in [2.45, 2.75) is 6.92 Å². The van der Waals surface area contributed by atoms with Crippen LogP contribution in [0.15, 0.2) is 34.1 Å². The van der Waals surface area contributed by atoms with Crippen LogP contribution in [0.1, 0.15) is 20.8 Å². The molecule has 1 nitrogen and oxygen atoms in total. The van der Waals surface area contributed by atoms with Gasteiger partial charge in [-0.1, -0.05) is 27.5 Å². The maximum absolute atomic E-state index is 12.2. The average Bonchev–Trinajstić information content (AvgIpc) is 2.63. The zero-order chi connectivity index (χ0) is 11.7. The Labute approximate surface area is 111 Å². The molecule has 0 aliphatic heterocycles. The first kappa shape index (κ1) is 11.8. The topological polar surface area (TPSA) is 17.1 Å². The van der Waals surface area contributed by atoms with Crippen molar-refractivity contribution in [3.63, 3.8) is 0 Å². The molecule has 4 heteroatoms. The Morgan fingerprint density at radius 2 is 2.06 bits per heavy atom. The SMILES string of the molecule is Cc1sccc1C(=O)c1ccc(Br)cc1Cl. The molecule has 0 aliphatic rings. The molecule has 0 fully saturated rings. The van der Waals surface area contributed by atoms with Crippen molar-refractivity contribution in [1.82, 2.24) is 0 Å². The van der Waals surface area contributed by atoms with E-state index in [0.717, 1.165) is 14.9 Å². The highest BCUT2D eigenvalue weighted by Gasteiger charge is 2.15. The molecule has 1 aromatic heterocycles. The monoisotopic (exact) mass is 314 g/mol. The summed E-state index contributed by atoms with van der Waals surface area (Å²) < 4.78 is 0.871. The van der Waals surface area contributed by atoms with Crippen molar-refractivity contribution in [3.8, 4) is 0 Å². The lowest BCUT2D eigenvalue weighted by Crippen LogP contribution is -2.02. The van der Waals surface area contributed by atoms with Crippen LogP contribution in [0, 0.1) is 6.92 Å². The molecule has 0 saturated heterocycles. The number of rotatable bonds is 2. The first-order valence-corrected chi connectivity index (χ1v) is 6.68. The van der Waals surface area contributed by atoms with E-state index in [0.29, 0.717) is 10.6 Å². The largest absolute Gasteiger partial charge is 0.289 e. The number of halogens is 2. The number of carbonyl (C=O) groups is 1. The molecule has 0 bridgehead atoms. The normalized spacial score (nSPS) is 10.4. The van der Waals surface area contributed by atoms with Crippen LogP contribution in [0.4, 0.5) is 0 Å². The van der Waals surface area contributed by atoms with Crippen molar-refractivity contribution in [1.29, 1.82) is 0 Å². The van der Waals surface area contributed by atoms with Crippen LogP contribution in [-0.4, -0.2) is 5.78 Å². The summed E-state index contributed by atoms with van der Waals surface area (Å²) in [6, 6.07) is 7.13. The number of aryl methyl sites for hydroxylation is 1. The Kier molecular flexibility index (Phi) is 3.47. The van der Waals surface area contributed by atoms with Gasteiger partial charge < -0.3 is 0 Å². The van der Waals surface area contributed by atoms with Gasteiger partial charge in [0.05, 0.1) is 5.02 Å². The number of carbonyl (C=O) groups excluding carboxylic acids is 1. The summed E-state index contributed by atoms with van der Waals surface area (Å²) in [5.41, 5.74) is 1.28. The summed E-state index contributed by atoms with van der Waals surface area (Å²) in [4.78, 5) is 13.2. The van der Waals surface area contributed by atoms with E-state index in [4.69, 9.17) is 11.6 Å². The van der Waals surface area contributed by atoms with Crippen LogP contribution in [0.25, 0.3) is 0 Å². The lowest BCUT2D eigenvalue weighted by atomic mass is 10.0. The van der Waals surface area contributed by atoms with E-state index >= 15 is 0 Å². The number of ketones is 1. The van der Waals surface area contributed by atoms with E-state index in [2.05, 4.69) is 15.9 Å². The van der Waals surface area contributed by atoms with Crippen LogP contribution in [0.5, 0.6) is 0 Å². The van der Waals surface area contributed by atoms with Gasteiger partial charge in [0.25, 0.3) is 0 Å². The highest BCUT2D eigenvalue weighted by atomic mass is 79.9. The minimum absolute atomic E-state index is 0.0174. The van der Waals surface area contributed by atoms with Gasteiger partial charge in [-0.3, -0.25) is 4.79 Å². The molecule has 0 amide bonds. The molecule has 0 aliphatic carbocycles. The molecule has 1 aromatic carbocycles. The van der Waals surface area contributed by atoms with Crippen molar-refractivity contribution in [3.05, 3.63) is 55.1 Å². The minimum atomic E-state index is -0.0174. The summed E-state index contributed by atoms with van der Waals surface area (Å²) in [6.07, 6.45) is 0. The number of thiophene rings is 1. The van der Waals surface area contributed by atoms with E-state index < -0.39 is 0 Å². The molecular formula is C12H8BrClOS. The Bertz CT molecular complexity index is 548. The molecule has 0 atom stereocenters. The second-order valence-electron chi connectivity index (χ2n) is 3.34. The smallest absolute Gasteiger partial charge is 0.195 e. The third-order valence-corrected chi connectivity index (χ3v) is 3.93. The molecule has 82 valence electrons. The summed E-state index contributed by atoms with van der Waals surface area (Å²) >= 11 is 10.9. The summed E-state index contributed by atoms with van der Waals surface area (Å²) in [5, 5.41) is 2.39. The van der Waals surface area contributed by atoms with Crippen LogP contribution in [0.3, 0.4) is 0 Å². The fourth-order valence-corrected chi connectivity index (χ4v) is 2.89. The summed E-state index contributed by atoms with van der Waals surface area (Å²) in [5.74, 6) is -0.0174. The van der Waals surface area contributed by atoms with Crippen molar-refractivity contribution >= 4 is 44.7 Å². The number of benzene rings is 1. The quantitative estimate of drug-likeness (QED) is 0.734. The standard InChI is InChI=1S/C12H8BrClOS/c1-7-9(4-5-16-7)12(15)10-3-2-8(13)6-11(10)14/h2-6H,1H3. The summed E-state index contributed by atoms with van der Waals surface area (Å²) in [7, 11) is 0. The Morgan fingerprint density at radius 1 is 1.31 bits per heavy atom. The van der Waals surface area contributed by atoms with Crippen LogP contribution in [-0.2, 0) is 0 Å². The van der Waals surface area contributed by atoms with Crippen LogP contribution >= 0.6 is 38.9 Å². The van der Waals surface area contributed by atoms with Crippen molar-refractivity contribution in [2.75, 3.05) is 0 Å². The maximum atomic E-state index is 12.2. The van der Waals surface area contributed by atoms with Crippen molar-refractivity contribution < 1.29 is 4.79 Å². The molecule has 16 heavy (non-hydrogen) atoms. The molecule has 2 rings (SSSR count). The average molecular weight is 316 g/mol. The second-order valence-corrected chi connectivity index (χ2v) is 5.79. The molecule has 0 radical (unpaired) electrons. The lowest BCUT2D eigenvalue weighted by Gasteiger charge is -2.03. The van der Waals surface area contributed by atoms with Gasteiger partial charge in [-0.2, -0.15) is 0 Å². The number of hydrogen-bond donors (Lipinski definition) is 0. The highest BCUT2D eigenvalue weighted by molar-refractivity contribution is 9.10. The number of hydrogen-bond acceptors (Lipinski definition) is 2. The van der Waals surface area contributed by atoms with Gasteiger partial charge in [-0.25, -0.2) is 0 Å². The molecule has 0 spiro atoms. The molecule has 0 unspecified atom stereocenters. The van der Waals surface area contributed by atoms with E-state index in [-0.39, 0.29) is 5.78 Å². The Morgan fingerprint density at radius 3 is 2.62 bits per heavy atom. The van der Waals surface area contributed by atoms with Crippen LogP contribution < -0.4 is 0 Å². The third-order valence-electron chi connectivity index (χ3n) is 2.28. The fourth-order valence-electron chi connectivity index (χ4n) is 1.44. The van der Waals surface area contributed by atoms with Gasteiger partial charge in [0, 0.05) is 20.5 Å². The molecule has 0 N–H and O–H groups in total. The van der Waals surface area contributed by atoms with E-state index in [1.54, 1.807) is 23.5 Å². The van der Waals surface area contributed by atoms with Gasteiger partial charge in [0.15, 0.2) is 5.78 Å². The fraction of sp³-hybridized carbons (Fsp3) is 0.0833. The first-order chi connectivity index (χ1) is 7.59. The van der Waals surface area contributed by atoms with E-state index in [1.807, 2.05) is 24.4 Å². The minimum Gasteiger partial charge on any atom is -0.289 e. The summed E-state index contributed by atoms with van der Waals surface area (Å²) in [6.45, 7) is 1.94. The van der Waals surface area contributed by atoms with Crippen molar-refractivity contribution in [2.24, 2.45) is 0 Å². The Balaban J connectivity index is 2.46. The molecule has 2 aromatic rings. The predicted molar refractivity (Wildman–Crippen MR) is 71.6 cm³/mol. The van der Waals surface area contributed by atoms with Gasteiger partial charge in [-0.15, -0.1) is 11.3 Å². The van der Waals surface area contributed by atoms with Gasteiger partial charge in [-0.05, 0) is 36.6 Å². The predicted octanol–water partition coefficient (Wildman–Crippen LogP) is 4.70. The van der Waals surface area contributed by atoms with Crippen LogP contribution in [0.2, 0.25) is 5.02 Å². The molecule has 1 heterocycles. The first-order valence-electron chi connectivity index (χ1n) is 4.63. The van der Waals surface area contributed by atoms with E-state index in [1.165, 1.54) is 0 Å². The van der Waals surface area contributed by atoms with Gasteiger partial charge in [0.1, 0.15) is 0 Å². The Hall–Kier alpha value is -0.640. The zero-order valence-corrected chi connectivity index (χ0v) is 11.6. The van der Waals surface area contributed by atoms with E-state index in [9.17, 15) is 4.79 Å². The second kappa shape index (κ2) is 4.70. The molecular weight excluding hydrogens is 308 g/mol. The highest BCUT2D eigenvalue weighted by Crippen LogP contribution is 2.26. The van der Waals surface area contributed by atoms with Gasteiger partial charge >= 0.3 is 0 Å². The van der Waals surface area contributed by atoms with Gasteiger partial charge in [0.2, 0.25) is 0 Å².